The molecule has 1 amide bonds. The maximum Gasteiger partial charge on any atom is 0.317 e. The van der Waals surface area contributed by atoms with E-state index in [9.17, 15) is 9.59 Å². The highest BCUT2D eigenvalue weighted by atomic mass is 32.1. The molecule has 13 heteroatoms. The molecule has 3 aliphatic heterocycles. The number of fused-ring (bicyclic) bond motifs is 1. The number of amides is 1. The number of rotatable bonds is 8. The molecular weight excluding hydrogens is 532 g/mol. The molecule has 0 radical (unpaired) electrons. The molecule has 3 saturated heterocycles. The van der Waals surface area contributed by atoms with Crippen LogP contribution in [0.25, 0.3) is 10.3 Å². The van der Waals surface area contributed by atoms with E-state index in [1.807, 2.05) is 18.2 Å². The van der Waals surface area contributed by atoms with Crippen LogP contribution in [0.15, 0.2) is 24.3 Å². The zero-order valence-electron chi connectivity index (χ0n) is 22.3. The van der Waals surface area contributed by atoms with E-state index in [0.29, 0.717) is 42.6 Å². The van der Waals surface area contributed by atoms with Gasteiger partial charge < -0.3 is 35.2 Å². The Bertz CT molecular complexity index is 1370. The van der Waals surface area contributed by atoms with Crippen molar-refractivity contribution in [1.82, 2.24) is 20.3 Å². The molecule has 212 valence electrons. The second-order valence-corrected chi connectivity index (χ2v) is 11.4. The van der Waals surface area contributed by atoms with Crippen LogP contribution in [0.1, 0.15) is 36.2 Å². The van der Waals surface area contributed by atoms with E-state index in [0.717, 1.165) is 67.6 Å². The molecule has 0 saturated carbocycles. The van der Waals surface area contributed by atoms with Crippen molar-refractivity contribution in [2.24, 2.45) is 0 Å². The van der Waals surface area contributed by atoms with Gasteiger partial charge >= 0.3 is 5.97 Å². The van der Waals surface area contributed by atoms with Gasteiger partial charge in [0, 0.05) is 45.3 Å². The van der Waals surface area contributed by atoms with E-state index in [2.05, 4.69) is 30.3 Å². The average molecular weight is 567 g/mol. The van der Waals surface area contributed by atoms with E-state index < -0.39 is 5.97 Å². The van der Waals surface area contributed by atoms with Gasteiger partial charge in [0.2, 0.25) is 0 Å². The minimum Gasteiger partial charge on any atom is -0.480 e. The van der Waals surface area contributed by atoms with Gasteiger partial charge in [-0.3, -0.25) is 9.59 Å². The highest BCUT2D eigenvalue weighted by Gasteiger charge is 2.26. The van der Waals surface area contributed by atoms with E-state index in [-0.39, 0.29) is 18.5 Å². The summed E-state index contributed by atoms with van der Waals surface area (Å²) in [5.41, 5.74) is 1.69. The minimum absolute atomic E-state index is 0.0696. The van der Waals surface area contributed by atoms with Crippen LogP contribution in [-0.2, 0) is 9.53 Å². The van der Waals surface area contributed by atoms with Crippen molar-refractivity contribution in [2.75, 3.05) is 79.0 Å². The Morgan fingerprint density at radius 2 is 1.82 bits per heavy atom. The summed E-state index contributed by atoms with van der Waals surface area (Å²) in [7, 11) is 0. The summed E-state index contributed by atoms with van der Waals surface area (Å²) in [6, 6.07) is 7.50. The van der Waals surface area contributed by atoms with Crippen LogP contribution < -0.4 is 25.3 Å². The van der Waals surface area contributed by atoms with Crippen molar-refractivity contribution in [2.45, 2.75) is 31.7 Å². The summed E-state index contributed by atoms with van der Waals surface area (Å²) in [5, 5.41) is 16.0. The molecule has 0 bridgehead atoms. The van der Waals surface area contributed by atoms with Gasteiger partial charge in [-0.05, 0) is 43.9 Å². The van der Waals surface area contributed by atoms with Crippen molar-refractivity contribution in [3.63, 3.8) is 0 Å². The summed E-state index contributed by atoms with van der Waals surface area (Å²) in [6.45, 7) is 6.08. The molecular formula is C27H34N8O4S. The lowest BCUT2D eigenvalue weighted by Crippen LogP contribution is -2.36. The Balaban J connectivity index is 1.23. The van der Waals surface area contributed by atoms with Crippen molar-refractivity contribution >= 4 is 56.0 Å². The first-order valence-electron chi connectivity index (χ1n) is 13.9. The van der Waals surface area contributed by atoms with Crippen LogP contribution in [0.5, 0.6) is 0 Å². The van der Waals surface area contributed by atoms with Crippen molar-refractivity contribution in [3.8, 4) is 0 Å². The Morgan fingerprint density at radius 3 is 2.62 bits per heavy atom. The quantitative estimate of drug-likeness (QED) is 0.371. The Labute approximate surface area is 236 Å². The average Bonchev–Trinajstić information content (AvgIpc) is 3.64. The highest BCUT2D eigenvalue weighted by Crippen LogP contribution is 2.35. The van der Waals surface area contributed by atoms with Gasteiger partial charge in [0.05, 0.1) is 30.1 Å². The van der Waals surface area contributed by atoms with Crippen LogP contribution in [0.4, 0.5) is 22.5 Å². The molecule has 0 aromatic carbocycles. The van der Waals surface area contributed by atoms with Gasteiger partial charge in [-0.2, -0.15) is 4.98 Å². The van der Waals surface area contributed by atoms with Gasteiger partial charge in [-0.15, -0.1) is 0 Å². The van der Waals surface area contributed by atoms with Crippen LogP contribution in [-0.4, -0.2) is 97.0 Å². The molecule has 0 aliphatic carbocycles. The molecule has 3 aliphatic rings. The molecule has 3 aromatic rings. The van der Waals surface area contributed by atoms with Gasteiger partial charge in [0.25, 0.3) is 5.91 Å². The Kier molecular flexibility index (Phi) is 7.93. The maximum absolute atomic E-state index is 13.5. The number of morpholine rings is 1. The van der Waals surface area contributed by atoms with E-state index in [4.69, 9.17) is 19.8 Å². The van der Waals surface area contributed by atoms with E-state index >= 15 is 0 Å². The molecule has 6 heterocycles. The van der Waals surface area contributed by atoms with Crippen molar-refractivity contribution in [3.05, 3.63) is 30.0 Å². The van der Waals surface area contributed by atoms with Crippen LogP contribution in [0.2, 0.25) is 0 Å². The van der Waals surface area contributed by atoms with E-state index in [1.165, 1.54) is 6.42 Å². The number of hydrogen-bond donors (Lipinski definition) is 3. The molecule has 40 heavy (non-hydrogen) atoms. The Morgan fingerprint density at radius 1 is 1.00 bits per heavy atom. The van der Waals surface area contributed by atoms with Gasteiger partial charge in [0.1, 0.15) is 11.5 Å². The topological polar surface area (TPSA) is 136 Å². The SMILES string of the molecule is O=C(O)CN[C@H]1CCN(c2cccc(C(=O)Nc3cc4sc(N5CCOCC5)nc4nc3N3CCCCC3)n2)C1. The zero-order valence-corrected chi connectivity index (χ0v) is 23.2. The number of carbonyl (C=O) groups is 2. The minimum atomic E-state index is -0.873. The first kappa shape index (κ1) is 26.7. The molecule has 3 N–H and O–H groups in total. The summed E-state index contributed by atoms with van der Waals surface area (Å²) in [5.74, 6) is 0.290. The Hall–Kier alpha value is -3.55. The van der Waals surface area contributed by atoms with Gasteiger partial charge in [0.15, 0.2) is 16.6 Å². The number of nitrogens with zero attached hydrogens (tertiary/aromatic N) is 6. The predicted octanol–water partition coefficient (Wildman–Crippen LogP) is 2.42. The molecule has 12 nitrogen and oxygen atoms in total. The number of carboxylic acid groups (broad SMARTS) is 1. The monoisotopic (exact) mass is 566 g/mol. The first-order valence-corrected chi connectivity index (χ1v) is 14.7. The number of piperidine rings is 1. The molecule has 0 spiro atoms. The number of aliphatic carboxylic acids is 1. The summed E-state index contributed by atoms with van der Waals surface area (Å²) < 4.78 is 6.42. The normalized spacial score (nSPS) is 19.8. The van der Waals surface area contributed by atoms with Crippen molar-refractivity contribution < 1.29 is 19.4 Å². The fourth-order valence-corrected chi connectivity index (χ4v) is 6.45. The number of nitrogens with one attached hydrogen (secondary N) is 2. The number of aromatic nitrogens is 3. The molecule has 3 aromatic heterocycles. The third-order valence-corrected chi connectivity index (χ3v) is 8.61. The smallest absolute Gasteiger partial charge is 0.317 e. The largest absolute Gasteiger partial charge is 0.480 e. The van der Waals surface area contributed by atoms with E-state index in [1.54, 1.807) is 17.4 Å². The van der Waals surface area contributed by atoms with Crippen LogP contribution in [0.3, 0.4) is 0 Å². The fourth-order valence-electron chi connectivity index (χ4n) is 5.45. The summed E-state index contributed by atoms with van der Waals surface area (Å²) in [4.78, 5) is 45.4. The van der Waals surface area contributed by atoms with Gasteiger partial charge in [-0.1, -0.05) is 17.4 Å². The predicted molar refractivity (Wildman–Crippen MR) is 155 cm³/mol. The van der Waals surface area contributed by atoms with Crippen molar-refractivity contribution in [1.29, 1.82) is 0 Å². The molecule has 6 rings (SSSR count). The third-order valence-electron chi connectivity index (χ3n) is 7.56. The lowest BCUT2D eigenvalue weighted by Gasteiger charge is -2.29. The van der Waals surface area contributed by atoms with Gasteiger partial charge in [-0.25, -0.2) is 9.97 Å². The molecule has 3 fully saturated rings. The second kappa shape index (κ2) is 11.9. The third kappa shape index (κ3) is 5.96. The molecule has 1 atom stereocenters. The number of carboxylic acids is 1. The standard InChI is InChI=1S/C27H34N8O4S/c36-23(37)16-28-18-7-10-35(17-18)22-6-4-5-19(29-22)26(38)30-20-15-21-24(31-25(20)33-8-2-1-3-9-33)32-27(40-21)34-11-13-39-14-12-34/h4-6,15,18,28H,1-3,7-14,16-17H2,(H,30,38)(H,36,37)/t18-/m0/s1. The highest BCUT2D eigenvalue weighted by molar-refractivity contribution is 7.22. The number of ether oxygens (including phenoxy) is 1. The molecule has 0 unspecified atom stereocenters. The summed E-state index contributed by atoms with van der Waals surface area (Å²) in [6.07, 6.45) is 4.19. The number of hydrogen-bond acceptors (Lipinski definition) is 11. The van der Waals surface area contributed by atoms with Crippen LogP contribution >= 0.6 is 11.3 Å². The van der Waals surface area contributed by atoms with Crippen LogP contribution in [0, 0.1) is 0 Å². The zero-order chi connectivity index (χ0) is 27.5. The maximum atomic E-state index is 13.5. The first-order chi connectivity index (χ1) is 19.5. The second-order valence-electron chi connectivity index (χ2n) is 10.4. The fraction of sp³-hybridized carbons (Fsp3) is 0.519. The number of thiazole rings is 1. The lowest BCUT2D eigenvalue weighted by atomic mass is 10.1. The number of carbonyl (C=O) groups excluding carboxylic acids is 1. The number of anilines is 4. The number of pyridine rings is 2. The summed E-state index contributed by atoms with van der Waals surface area (Å²) >= 11 is 1.58. The lowest BCUT2D eigenvalue weighted by molar-refractivity contribution is -0.136.